The van der Waals surface area contributed by atoms with Crippen LogP contribution in [0.4, 0.5) is 5.69 Å². The van der Waals surface area contributed by atoms with Crippen LogP contribution in [0.5, 0.6) is 0 Å². The average Bonchev–Trinajstić information content (AvgIpc) is 2.16. The Labute approximate surface area is 101 Å². The first-order valence-corrected chi connectivity index (χ1v) is 4.97. The van der Waals surface area contributed by atoms with Crippen LogP contribution in [0.1, 0.15) is 43.9 Å². The van der Waals surface area contributed by atoms with Crippen molar-refractivity contribution in [1.29, 1.82) is 0 Å². The van der Waals surface area contributed by atoms with Crippen molar-refractivity contribution in [1.82, 2.24) is 0 Å². The number of nitrogens with zero attached hydrogens (tertiary/aromatic N) is 1. The second-order valence-electron chi connectivity index (χ2n) is 4.02. The van der Waals surface area contributed by atoms with Gasteiger partial charge in [0.15, 0.2) is 0 Å². The van der Waals surface area contributed by atoms with E-state index in [2.05, 4.69) is 0 Å². The van der Waals surface area contributed by atoms with Crippen LogP contribution in [0.25, 0.3) is 0 Å². The first-order valence-electron chi connectivity index (χ1n) is 4.97. The zero-order valence-corrected chi connectivity index (χ0v) is 10.5. The molecule has 0 fully saturated rings. The van der Waals surface area contributed by atoms with E-state index in [0.29, 0.717) is 0 Å². The van der Waals surface area contributed by atoms with E-state index in [1.165, 1.54) is 0 Å². The third kappa shape index (κ3) is 3.18. The lowest BCUT2D eigenvalue weighted by Gasteiger charge is -2.10. The minimum Gasteiger partial charge on any atom is -0.324 e. The molecule has 0 heterocycles. The second kappa shape index (κ2) is 5.82. The highest BCUT2D eigenvalue weighted by Gasteiger charge is 2.17. The summed E-state index contributed by atoms with van der Waals surface area (Å²) in [6.45, 7) is 5.69. The van der Waals surface area contributed by atoms with Gasteiger partial charge < -0.3 is 5.73 Å². The monoisotopic (exact) mass is 244 g/mol. The Morgan fingerprint density at radius 1 is 1.31 bits per heavy atom. The van der Waals surface area contributed by atoms with Crippen molar-refractivity contribution in [2.45, 2.75) is 32.7 Å². The zero-order chi connectivity index (χ0) is 11.6. The van der Waals surface area contributed by atoms with Crippen molar-refractivity contribution in [3.05, 3.63) is 39.4 Å². The third-order valence-corrected chi connectivity index (χ3v) is 2.40. The van der Waals surface area contributed by atoms with Crippen LogP contribution < -0.4 is 5.73 Å². The molecule has 5 heteroatoms. The van der Waals surface area contributed by atoms with Gasteiger partial charge in [-0.2, -0.15) is 0 Å². The van der Waals surface area contributed by atoms with E-state index >= 15 is 0 Å². The summed E-state index contributed by atoms with van der Waals surface area (Å²) in [4.78, 5) is 10.5. The van der Waals surface area contributed by atoms with Crippen molar-refractivity contribution < 1.29 is 4.92 Å². The quantitative estimate of drug-likeness (QED) is 0.656. The fraction of sp³-hybridized carbons (Fsp3) is 0.455. The van der Waals surface area contributed by atoms with Crippen LogP contribution >= 0.6 is 12.4 Å². The number of nitrogens with two attached hydrogens (primary N) is 1. The number of benzene rings is 1. The fourth-order valence-electron chi connectivity index (χ4n) is 1.49. The maximum Gasteiger partial charge on any atom is 0.273 e. The van der Waals surface area contributed by atoms with E-state index in [1.807, 2.05) is 26.8 Å². The molecule has 1 aromatic rings. The SMILES string of the molecule is CC(C)c1ccc(C(C)N)cc1[N+](=O)[O-].Cl. The van der Waals surface area contributed by atoms with Gasteiger partial charge >= 0.3 is 0 Å². The summed E-state index contributed by atoms with van der Waals surface area (Å²) >= 11 is 0. The van der Waals surface area contributed by atoms with Gasteiger partial charge in [-0.3, -0.25) is 10.1 Å². The van der Waals surface area contributed by atoms with Crippen LogP contribution in [0.2, 0.25) is 0 Å². The molecular formula is C11H17ClN2O2. The molecule has 0 aromatic heterocycles. The number of nitro groups is 1. The van der Waals surface area contributed by atoms with Crippen molar-refractivity contribution in [3.8, 4) is 0 Å². The van der Waals surface area contributed by atoms with Gasteiger partial charge in [-0.15, -0.1) is 12.4 Å². The average molecular weight is 245 g/mol. The molecule has 1 unspecified atom stereocenters. The van der Waals surface area contributed by atoms with Crippen molar-refractivity contribution >= 4 is 18.1 Å². The Bertz CT molecular complexity index is 378. The summed E-state index contributed by atoms with van der Waals surface area (Å²) in [5, 5.41) is 10.9. The smallest absolute Gasteiger partial charge is 0.273 e. The van der Waals surface area contributed by atoms with Crippen LogP contribution in [-0.2, 0) is 0 Å². The van der Waals surface area contributed by atoms with Crippen LogP contribution in [-0.4, -0.2) is 4.92 Å². The summed E-state index contributed by atoms with van der Waals surface area (Å²) in [5.74, 6) is 0.146. The van der Waals surface area contributed by atoms with Gasteiger partial charge in [0.2, 0.25) is 0 Å². The van der Waals surface area contributed by atoms with Gasteiger partial charge in [0.05, 0.1) is 4.92 Å². The van der Waals surface area contributed by atoms with E-state index in [1.54, 1.807) is 12.1 Å². The topological polar surface area (TPSA) is 69.2 Å². The zero-order valence-electron chi connectivity index (χ0n) is 9.64. The second-order valence-corrected chi connectivity index (χ2v) is 4.02. The molecule has 0 spiro atoms. The van der Waals surface area contributed by atoms with E-state index in [4.69, 9.17) is 5.73 Å². The molecule has 0 aliphatic rings. The van der Waals surface area contributed by atoms with Crippen molar-refractivity contribution in [2.24, 2.45) is 5.73 Å². The lowest BCUT2D eigenvalue weighted by Crippen LogP contribution is -2.06. The predicted octanol–water partition coefficient (Wildman–Crippen LogP) is 3.16. The van der Waals surface area contributed by atoms with E-state index in [-0.39, 0.29) is 35.0 Å². The molecule has 16 heavy (non-hydrogen) atoms. The van der Waals surface area contributed by atoms with Crippen molar-refractivity contribution in [2.75, 3.05) is 0 Å². The van der Waals surface area contributed by atoms with Crippen molar-refractivity contribution in [3.63, 3.8) is 0 Å². The summed E-state index contributed by atoms with van der Waals surface area (Å²) in [5.41, 5.74) is 7.40. The summed E-state index contributed by atoms with van der Waals surface area (Å²) in [7, 11) is 0. The summed E-state index contributed by atoms with van der Waals surface area (Å²) < 4.78 is 0. The van der Waals surface area contributed by atoms with Gasteiger partial charge in [0, 0.05) is 17.7 Å². The number of nitro benzene ring substituents is 1. The number of halogens is 1. The minimum absolute atomic E-state index is 0. The van der Waals surface area contributed by atoms with Crippen LogP contribution in [0.3, 0.4) is 0 Å². The standard InChI is InChI=1S/C11H16N2O2.ClH/c1-7(2)10-5-4-9(8(3)12)6-11(10)13(14)15;/h4-8H,12H2,1-3H3;1H. The molecule has 0 bridgehead atoms. The maximum atomic E-state index is 10.9. The molecule has 1 rings (SSSR count). The van der Waals surface area contributed by atoms with Gasteiger partial charge in [-0.1, -0.05) is 26.0 Å². The lowest BCUT2D eigenvalue weighted by molar-refractivity contribution is -0.385. The Morgan fingerprint density at radius 2 is 1.88 bits per heavy atom. The van der Waals surface area contributed by atoms with Gasteiger partial charge in [0.25, 0.3) is 5.69 Å². The van der Waals surface area contributed by atoms with E-state index in [9.17, 15) is 10.1 Å². The Morgan fingerprint density at radius 3 is 2.25 bits per heavy atom. The third-order valence-electron chi connectivity index (χ3n) is 2.40. The molecule has 0 saturated heterocycles. The van der Waals surface area contributed by atoms with Gasteiger partial charge in [-0.25, -0.2) is 0 Å². The molecule has 0 aliphatic heterocycles. The molecule has 1 aromatic carbocycles. The summed E-state index contributed by atoms with van der Waals surface area (Å²) in [6, 6.07) is 5.04. The Kier molecular flexibility index (Phi) is 5.41. The Hall–Kier alpha value is -1.13. The fourth-order valence-corrected chi connectivity index (χ4v) is 1.49. The molecule has 0 saturated carbocycles. The molecule has 0 radical (unpaired) electrons. The van der Waals surface area contributed by atoms with E-state index in [0.717, 1.165) is 11.1 Å². The number of hydrogen-bond donors (Lipinski definition) is 1. The highest BCUT2D eigenvalue weighted by molar-refractivity contribution is 5.85. The largest absolute Gasteiger partial charge is 0.324 e. The van der Waals surface area contributed by atoms with Crippen LogP contribution in [0.15, 0.2) is 18.2 Å². The molecule has 0 amide bonds. The molecule has 4 nitrogen and oxygen atoms in total. The van der Waals surface area contributed by atoms with E-state index < -0.39 is 0 Å². The summed E-state index contributed by atoms with van der Waals surface area (Å²) in [6.07, 6.45) is 0. The highest BCUT2D eigenvalue weighted by atomic mass is 35.5. The Balaban J connectivity index is 0.00000225. The molecule has 90 valence electrons. The normalized spacial score (nSPS) is 12.1. The lowest BCUT2D eigenvalue weighted by atomic mass is 9.97. The highest BCUT2D eigenvalue weighted by Crippen LogP contribution is 2.28. The molecule has 1 atom stereocenters. The number of hydrogen-bond acceptors (Lipinski definition) is 3. The number of rotatable bonds is 3. The maximum absolute atomic E-state index is 10.9. The molecular weight excluding hydrogens is 228 g/mol. The first kappa shape index (κ1) is 14.9. The first-order chi connectivity index (χ1) is 6.93. The van der Waals surface area contributed by atoms with Gasteiger partial charge in [-0.05, 0) is 18.4 Å². The minimum atomic E-state index is -0.346. The van der Waals surface area contributed by atoms with Gasteiger partial charge in [0.1, 0.15) is 0 Å². The molecule has 2 N–H and O–H groups in total. The molecule has 0 aliphatic carbocycles. The predicted molar refractivity (Wildman–Crippen MR) is 67.0 cm³/mol. The van der Waals surface area contributed by atoms with Crippen LogP contribution in [0, 0.1) is 10.1 Å².